The minimum Gasteiger partial charge on any atom is -0.490 e. The van der Waals surface area contributed by atoms with E-state index in [-0.39, 0.29) is 5.04 Å². The summed E-state index contributed by atoms with van der Waals surface area (Å²) in [6, 6.07) is 3.88. The number of carbonyl (C=O) groups excluding carboxylic acids is 1. The van der Waals surface area contributed by atoms with Gasteiger partial charge in [-0.3, -0.25) is 4.79 Å². The predicted octanol–water partition coefficient (Wildman–Crippen LogP) is 4.52. The van der Waals surface area contributed by atoms with Crippen molar-refractivity contribution in [1.29, 1.82) is 0 Å². The van der Waals surface area contributed by atoms with Crippen molar-refractivity contribution in [2.24, 2.45) is 0 Å². The van der Waals surface area contributed by atoms with Crippen LogP contribution in [0.15, 0.2) is 12.1 Å². The van der Waals surface area contributed by atoms with Crippen LogP contribution in [-0.2, 0) is 4.43 Å². The molecule has 1 aromatic carbocycles. The Morgan fingerprint density at radius 3 is 2.29 bits per heavy atom. The quantitative estimate of drug-likeness (QED) is 0.440. The Kier molecular flexibility index (Phi) is 5.76. The summed E-state index contributed by atoms with van der Waals surface area (Å²) in [5.74, 6) is 0.675. The van der Waals surface area contributed by atoms with Crippen LogP contribution in [0.2, 0.25) is 18.1 Å². The average molecular weight is 308 g/mol. The zero-order valence-corrected chi connectivity index (χ0v) is 15.4. The smallest absolute Gasteiger partial charge is 0.192 e. The van der Waals surface area contributed by atoms with Gasteiger partial charge in [0.15, 0.2) is 14.6 Å². The number of benzene rings is 1. The lowest BCUT2D eigenvalue weighted by molar-refractivity contribution is 0.111. The average Bonchev–Trinajstić information content (AvgIpc) is 2.34. The molecule has 0 spiro atoms. The zero-order chi connectivity index (χ0) is 16.3. The Bertz CT molecular complexity index is 501. The fraction of sp³-hybridized carbons (Fsp3) is 0.588. The molecule has 118 valence electrons. The van der Waals surface area contributed by atoms with Crippen LogP contribution < -0.4 is 4.74 Å². The van der Waals surface area contributed by atoms with Gasteiger partial charge in [0.25, 0.3) is 0 Å². The third-order valence-electron chi connectivity index (χ3n) is 4.17. The van der Waals surface area contributed by atoms with Crippen molar-refractivity contribution in [3.8, 4) is 5.75 Å². The summed E-state index contributed by atoms with van der Waals surface area (Å²) in [7, 11) is -1.74. The number of rotatable bonds is 6. The zero-order valence-electron chi connectivity index (χ0n) is 14.4. The van der Waals surface area contributed by atoms with Crippen LogP contribution >= 0.6 is 0 Å². The summed E-state index contributed by atoms with van der Waals surface area (Å²) in [5, 5.41) is 0.195. The van der Waals surface area contributed by atoms with E-state index >= 15 is 0 Å². The molecule has 0 saturated heterocycles. The van der Waals surface area contributed by atoms with E-state index in [1.165, 1.54) is 0 Å². The van der Waals surface area contributed by atoms with E-state index in [4.69, 9.17) is 9.16 Å². The molecule has 21 heavy (non-hydrogen) atoms. The maximum atomic E-state index is 11.2. The van der Waals surface area contributed by atoms with E-state index in [0.29, 0.717) is 24.5 Å². The van der Waals surface area contributed by atoms with Gasteiger partial charge in [-0.2, -0.15) is 0 Å². The first-order valence-corrected chi connectivity index (χ1v) is 10.3. The first-order valence-electron chi connectivity index (χ1n) is 7.41. The van der Waals surface area contributed by atoms with Crippen LogP contribution in [0.25, 0.3) is 0 Å². The summed E-state index contributed by atoms with van der Waals surface area (Å²) < 4.78 is 11.9. The minimum atomic E-state index is -1.74. The Morgan fingerprint density at radius 2 is 1.76 bits per heavy atom. The number of carbonyl (C=O) groups is 1. The second-order valence-electron chi connectivity index (χ2n) is 7.08. The summed E-state index contributed by atoms with van der Waals surface area (Å²) in [5.41, 5.74) is 2.67. The Labute approximate surface area is 129 Å². The molecule has 4 heteroatoms. The van der Waals surface area contributed by atoms with Crippen LogP contribution in [0.1, 0.15) is 42.3 Å². The lowest BCUT2D eigenvalue weighted by atomic mass is 10.1. The van der Waals surface area contributed by atoms with Gasteiger partial charge in [-0.05, 0) is 49.2 Å². The number of hydrogen-bond donors (Lipinski definition) is 0. The largest absolute Gasteiger partial charge is 0.490 e. The number of aldehydes is 1. The lowest BCUT2D eigenvalue weighted by Crippen LogP contribution is -2.41. The number of aryl methyl sites for hydroxylation is 2. The van der Waals surface area contributed by atoms with Crippen molar-refractivity contribution in [1.82, 2.24) is 0 Å². The van der Waals surface area contributed by atoms with E-state index < -0.39 is 8.32 Å². The van der Waals surface area contributed by atoms with Crippen LogP contribution in [0.3, 0.4) is 0 Å². The second kappa shape index (κ2) is 6.75. The third-order valence-corrected chi connectivity index (χ3v) is 8.71. The van der Waals surface area contributed by atoms with Crippen molar-refractivity contribution in [3.63, 3.8) is 0 Å². The predicted molar refractivity (Wildman–Crippen MR) is 89.9 cm³/mol. The Hall–Kier alpha value is -1.13. The molecule has 0 aliphatic rings. The Balaban J connectivity index is 2.64. The topological polar surface area (TPSA) is 35.5 Å². The first-order chi connectivity index (χ1) is 9.58. The molecule has 0 bridgehead atoms. The van der Waals surface area contributed by atoms with E-state index in [2.05, 4.69) is 33.9 Å². The van der Waals surface area contributed by atoms with Crippen molar-refractivity contribution in [2.45, 2.75) is 52.8 Å². The fourth-order valence-corrected chi connectivity index (χ4v) is 2.96. The highest BCUT2D eigenvalue weighted by atomic mass is 28.4. The summed E-state index contributed by atoms with van der Waals surface area (Å²) >= 11 is 0. The molecule has 0 heterocycles. The molecule has 0 radical (unpaired) electrons. The normalized spacial score (nSPS) is 12.3. The van der Waals surface area contributed by atoms with Crippen molar-refractivity contribution < 1.29 is 14.0 Å². The van der Waals surface area contributed by atoms with Gasteiger partial charge in [-0.25, -0.2) is 0 Å². The van der Waals surface area contributed by atoms with Gasteiger partial charge >= 0.3 is 0 Å². The molecule has 0 unspecified atom stereocenters. The highest BCUT2D eigenvalue weighted by Gasteiger charge is 2.36. The second-order valence-corrected chi connectivity index (χ2v) is 11.9. The van der Waals surface area contributed by atoms with Crippen LogP contribution in [-0.4, -0.2) is 27.8 Å². The van der Waals surface area contributed by atoms with Crippen molar-refractivity contribution in [3.05, 3.63) is 28.8 Å². The van der Waals surface area contributed by atoms with E-state index in [9.17, 15) is 4.79 Å². The molecular weight excluding hydrogens is 280 g/mol. The van der Waals surface area contributed by atoms with Gasteiger partial charge in [0.05, 0.1) is 12.2 Å². The molecule has 3 nitrogen and oxygen atoms in total. The first kappa shape index (κ1) is 17.9. The molecule has 0 amide bonds. The van der Waals surface area contributed by atoms with Gasteiger partial charge in [-0.15, -0.1) is 0 Å². The van der Waals surface area contributed by atoms with Gasteiger partial charge in [0.1, 0.15) is 12.4 Å². The monoisotopic (exact) mass is 308 g/mol. The van der Waals surface area contributed by atoms with Crippen LogP contribution in [0.4, 0.5) is 0 Å². The summed E-state index contributed by atoms with van der Waals surface area (Å²) in [6.07, 6.45) is 0.851. The SMILES string of the molecule is Cc1cc(C)c(OCCO[Si](C)(C)C(C)(C)C)c(C=O)c1. The third kappa shape index (κ3) is 4.68. The maximum Gasteiger partial charge on any atom is 0.192 e. The molecule has 0 aromatic heterocycles. The summed E-state index contributed by atoms with van der Waals surface area (Å²) in [4.78, 5) is 11.2. The highest BCUT2D eigenvalue weighted by molar-refractivity contribution is 6.74. The van der Waals surface area contributed by atoms with Gasteiger partial charge in [0.2, 0.25) is 0 Å². The van der Waals surface area contributed by atoms with Crippen molar-refractivity contribution >= 4 is 14.6 Å². The molecule has 0 aliphatic heterocycles. The number of hydrogen-bond acceptors (Lipinski definition) is 3. The molecule has 0 saturated carbocycles. The molecule has 1 rings (SSSR count). The van der Waals surface area contributed by atoms with Gasteiger partial charge < -0.3 is 9.16 Å². The lowest BCUT2D eigenvalue weighted by Gasteiger charge is -2.36. The molecule has 0 fully saturated rings. The summed E-state index contributed by atoms with van der Waals surface area (Å²) in [6.45, 7) is 16.1. The number of ether oxygens (including phenoxy) is 1. The standard InChI is InChI=1S/C17H28O3Si/c1-13-10-14(2)16(15(11-13)12-18)19-8-9-20-21(6,7)17(3,4)5/h10-12H,8-9H2,1-7H3. The van der Waals surface area contributed by atoms with Gasteiger partial charge in [-0.1, -0.05) is 26.8 Å². The van der Waals surface area contributed by atoms with E-state index in [1.54, 1.807) is 0 Å². The molecular formula is C17H28O3Si. The van der Waals surface area contributed by atoms with E-state index in [0.717, 1.165) is 17.4 Å². The van der Waals surface area contributed by atoms with Crippen LogP contribution in [0, 0.1) is 13.8 Å². The fourth-order valence-electron chi connectivity index (χ4n) is 1.93. The molecule has 0 aliphatic carbocycles. The molecule has 1 aromatic rings. The molecule has 0 atom stereocenters. The molecule has 0 N–H and O–H groups in total. The van der Waals surface area contributed by atoms with Crippen LogP contribution in [0.5, 0.6) is 5.75 Å². The van der Waals surface area contributed by atoms with Crippen molar-refractivity contribution in [2.75, 3.05) is 13.2 Å². The Morgan fingerprint density at radius 1 is 1.14 bits per heavy atom. The van der Waals surface area contributed by atoms with E-state index in [1.807, 2.05) is 26.0 Å². The highest BCUT2D eigenvalue weighted by Crippen LogP contribution is 2.36. The minimum absolute atomic E-state index is 0.195. The van der Waals surface area contributed by atoms with Gasteiger partial charge in [0, 0.05) is 0 Å². The maximum absolute atomic E-state index is 11.2.